The number of nitriles is 1. The van der Waals surface area contributed by atoms with Gasteiger partial charge in [-0.1, -0.05) is 0 Å². The molecule has 5 heavy (non-hydrogen) atoms. The normalized spacial score (nSPS) is 9.60. The molecule has 0 bridgehead atoms. The van der Waals surface area contributed by atoms with Crippen LogP contribution in [0.5, 0.6) is 0 Å². The van der Waals surface area contributed by atoms with E-state index in [0.29, 0.717) is 0 Å². The summed E-state index contributed by atoms with van der Waals surface area (Å²) in [7, 11) is 0. The second kappa shape index (κ2) is 3.60. The van der Waals surface area contributed by atoms with Gasteiger partial charge in [-0.05, 0) is 0 Å². The third kappa shape index (κ3) is 3.60. The summed E-state index contributed by atoms with van der Waals surface area (Å²) in [5.41, 5.74) is 0. The van der Waals surface area contributed by atoms with E-state index in [1.54, 1.807) is 0 Å². The third-order valence-corrected chi connectivity index (χ3v) is 0.268. The first kappa shape index (κ1) is 4.60. The fourth-order valence-electron chi connectivity index (χ4n) is 0.0200. The SMILES string of the molecule is N#CN=[SH]O. The first-order valence-electron chi connectivity index (χ1n) is 0.847. The molecule has 28 valence electrons. The molecule has 0 radical (unpaired) electrons. The van der Waals surface area contributed by atoms with Gasteiger partial charge >= 0.3 is 0 Å². The maximum atomic E-state index is 7.65. The molecule has 0 unspecified atom stereocenters. The lowest BCUT2D eigenvalue weighted by Crippen LogP contribution is -1.46. The summed E-state index contributed by atoms with van der Waals surface area (Å²) in [5.74, 6) is 0. The lowest BCUT2D eigenvalue weighted by Gasteiger charge is -1.51. The van der Waals surface area contributed by atoms with Crippen molar-refractivity contribution in [2.24, 2.45) is 4.36 Å². The van der Waals surface area contributed by atoms with Crippen LogP contribution in [-0.2, 0) is 11.8 Å². The zero-order valence-corrected chi connectivity index (χ0v) is 3.18. The number of hydrogen-bond donors (Lipinski definition) is 2. The summed E-state index contributed by atoms with van der Waals surface area (Å²) in [6.45, 7) is 0. The van der Waals surface area contributed by atoms with Gasteiger partial charge < -0.3 is 4.55 Å². The minimum atomic E-state index is -0.206. The monoisotopic (exact) mass is 90.0 g/mol. The van der Waals surface area contributed by atoms with Crippen LogP contribution in [0, 0.1) is 11.5 Å². The molecule has 0 aromatic heterocycles. The molecule has 0 heterocycles. The van der Waals surface area contributed by atoms with Crippen molar-refractivity contribution in [3.05, 3.63) is 0 Å². The van der Waals surface area contributed by atoms with Crippen LogP contribution in [0.25, 0.3) is 0 Å². The molecule has 0 aliphatic carbocycles. The van der Waals surface area contributed by atoms with E-state index in [1.807, 2.05) is 0 Å². The standard InChI is InChI=1S/CH2N2OS/c2-1-3-5-4/h5H,(H,3,4). The number of hydrogen-bond acceptors (Lipinski definition) is 2. The molecule has 3 nitrogen and oxygen atoms in total. The summed E-state index contributed by atoms with van der Waals surface area (Å²) in [4.78, 5) is 0. The average molecular weight is 90.1 g/mol. The summed E-state index contributed by atoms with van der Waals surface area (Å²) < 4.78 is 10.5. The predicted octanol–water partition coefficient (Wildman–Crippen LogP) is -0.0610. The smallest absolute Gasteiger partial charge is 0.214 e. The van der Waals surface area contributed by atoms with E-state index < -0.39 is 0 Å². The van der Waals surface area contributed by atoms with Crippen LogP contribution in [0.2, 0.25) is 0 Å². The van der Waals surface area contributed by atoms with Gasteiger partial charge in [-0.25, -0.2) is 0 Å². The molecule has 0 amide bonds. The van der Waals surface area contributed by atoms with E-state index in [-0.39, 0.29) is 11.8 Å². The minimum absolute atomic E-state index is 0.206. The van der Waals surface area contributed by atoms with Crippen molar-refractivity contribution in [1.82, 2.24) is 0 Å². The Morgan fingerprint density at radius 2 is 2.60 bits per heavy atom. The van der Waals surface area contributed by atoms with Gasteiger partial charge in [0.1, 0.15) is 0 Å². The molecular formula is CH2N2OS. The molecule has 0 atom stereocenters. The fraction of sp³-hybridized carbons (Fsp3) is 0. The molecule has 0 aromatic rings. The number of rotatable bonds is 0. The molecule has 0 aromatic carbocycles. The van der Waals surface area contributed by atoms with Crippen molar-refractivity contribution < 1.29 is 4.55 Å². The highest BCUT2D eigenvalue weighted by atomic mass is 32.2. The molecule has 0 rings (SSSR count). The van der Waals surface area contributed by atoms with Crippen LogP contribution in [0.1, 0.15) is 0 Å². The lowest BCUT2D eigenvalue weighted by molar-refractivity contribution is 0.666. The molecule has 0 saturated carbocycles. The van der Waals surface area contributed by atoms with Crippen molar-refractivity contribution in [1.29, 1.82) is 5.26 Å². The quantitative estimate of drug-likeness (QED) is 0.323. The molecular weight excluding hydrogens is 88.1 g/mol. The Bertz CT molecular complexity index is 72.2. The van der Waals surface area contributed by atoms with Gasteiger partial charge in [0.25, 0.3) is 0 Å². The van der Waals surface area contributed by atoms with Gasteiger partial charge in [0.15, 0.2) is 0 Å². The largest absolute Gasteiger partial charge is 0.323 e. The van der Waals surface area contributed by atoms with Gasteiger partial charge in [-0.15, -0.1) is 4.36 Å². The van der Waals surface area contributed by atoms with Crippen LogP contribution in [0.15, 0.2) is 4.36 Å². The number of nitrogens with zero attached hydrogens (tertiary/aromatic N) is 2. The van der Waals surface area contributed by atoms with Crippen molar-refractivity contribution in [3.63, 3.8) is 0 Å². The van der Waals surface area contributed by atoms with Crippen molar-refractivity contribution in [3.8, 4) is 6.19 Å². The second-order valence-electron chi connectivity index (χ2n) is 0.289. The molecule has 1 N–H and O–H groups in total. The van der Waals surface area contributed by atoms with Crippen molar-refractivity contribution in [2.75, 3.05) is 0 Å². The zero-order chi connectivity index (χ0) is 4.12. The van der Waals surface area contributed by atoms with Crippen LogP contribution in [-0.4, -0.2) is 4.55 Å². The van der Waals surface area contributed by atoms with Crippen molar-refractivity contribution in [2.45, 2.75) is 0 Å². The van der Waals surface area contributed by atoms with Gasteiger partial charge in [0, 0.05) is 11.8 Å². The van der Waals surface area contributed by atoms with Gasteiger partial charge in [0.2, 0.25) is 6.19 Å². The van der Waals surface area contributed by atoms with E-state index >= 15 is 0 Å². The van der Waals surface area contributed by atoms with E-state index in [1.165, 1.54) is 6.19 Å². The van der Waals surface area contributed by atoms with Gasteiger partial charge in [-0.3, -0.25) is 0 Å². The topological polar surface area (TPSA) is 56.4 Å². The summed E-state index contributed by atoms with van der Waals surface area (Å²) in [6.07, 6.45) is 1.38. The highest BCUT2D eigenvalue weighted by molar-refractivity contribution is 7.61. The Kier molecular flexibility index (Phi) is 3.31. The van der Waals surface area contributed by atoms with E-state index in [4.69, 9.17) is 9.81 Å². The van der Waals surface area contributed by atoms with Crippen LogP contribution in [0.4, 0.5) is 0 Å². The fourth-order valence-corrected chi connectivity index (χ4v) is 0.0600. The second-order valence-corrected chi connectivity index (χ2v) is 0.668. The summed E-state index contributed by atoms with van der Waals surface area (Å²) in [6, 6.07) is 0. The van der Waals surface area contributed by atoms with Crippen LogP contribution >= 0.6 is 0 Å². The molecule has 4 heteroatoms. The molecule has 0 saturated heterocycles. The molecule has 0 fully saturated rings. The summed E-state index contributed by atoms with van der Waals surface area (Å²) in [5, 5.41) is 7.48. The first-order valence-corrected chi connectivity index (χ1v) is 1.65. The highest BCUT2D eigenvalue weighted by Crippen LogP contribution is 1.50. The van der Waals surface area contributed by atoms with Gasteiger partial charge in [-0.2, -0.15) is 5.26 Å². The summed E-state index contributed by atoms with van der Waals surface area (Å²) >= 11 is -0.206. The lowest BCUT2D eigenvalue weighted by atomic mass is 11.5. The zero-order valence-electron chi connectivity index (χ0n) is 2.29. The Labute approximate surface area is 33.2 Å². The first-order chi connectivity index (χ1) is 2.41. The maximum absolute atomic E-state index is 7.65. The van der Waals surface area contributed by atoms with E-state index in [9.17, 15) is 0 Å². The number of thiol groups is 1. The van der Waals surface area contributed by atoms with Crippen LogP contribution in [0.3, 0.4) is 0 Å². The Morgan fingerprint density at radius 1 is 2.00 bits per heavy atom. The predicted molar refractivity (Wildman–Crippen MR) is 19.4 cm³/mol. The highest BCUT2D eigenvalue weighted by Gasteiger charge is 1.44. The van der Waals surface area contributed by atoms with E-state index in [0.717, 1.165) is 0 Å². The average Bonchev–Trinajstić information content (AvgIpc) is 1.41. The minimum Gasteiger partial charge on any atom is -0.323 e. The van der Waals surface area contributed by atoms with Gasteiger partial charge in [0.05, 0.1) is 0 Å². The Morgan fingerprint density at radius 3 is 2.60 bits per heavy atom. The van der Waals surface area contributed by atoms with Crippen molar-refractivity contribution >= 4 is 11.8 Å². The molecule has 0 aliphatic heterocycles. The Balaban J connectivity index is 3.04. The third-order valence-electron chi connectivity index (χ3n) is 0.0894. The Hall–Kier alpha value is -0.400. The molecule has 0 spiro atoms. The molecule has 0 aliphatic rings. The maximum Gasteiger partial charge on any atom is 0.214 e. The van der Waals surface area contributed by atoms with E-state index in [2.05, 4.69) is 4.36 Å². The van der Waals surface area contributed by atoms with Crippen LogP contribution < -0.4 is 0 Å².